The molecule has 0 unspecified atom stereocenters. The van der Waals surface area contributed by atoms with E-state index in [0.29, 0.717) is 18.9 Å². The Hall–Kier alpha value is -1.73. The summed E-state index contributed by atoms with van der Waals surface area (Å²) in [5.41, 5.74) is 1.98. The quantitative estimate of drug-likeness (QED) is 0.795. The van der Waals surface area contributed by atoms with Crippen molar-refractivity contribution in [2.45, 2.75) is 6.92 Å². The highest BCUT2D eigenvalue weighted by atomic mass is 32.2. The van der Waals surface area contributed by atoms with Crippen molar-refractivity contribution < 1.29 is 8.42 Å². The van der Waals surface area contributed by atoms with E-state index in [-0.39, 0.29) is 0 Å². The lowest BCUT2D eigenvalue weighted by atomic mass is 10.1. The van der Waals surface area contributed by atoms with Gasteiger partial charge < -0.3 is 5.32 Å². The highest BCUT2D eigenvalue weighted by Crippen LogP contribution is 2.21. The monoisotopic (exact) mass is 280 g/mol. The van der Waals surface area contributed by atoms with E-state index < -0.39 is 10.0 Å². The predicted molar refractivity (Wildman–Crippen MR) is 75.6 cm³/mol. The van der Waals surface area contributed by atoms with E-state index in [4.69, 9.17) is 0 Å². The molecule has 2 N–H and O–H groups in total. The molecule has 1 aromatic carbocycles. The molecule has 0 aliphatic carbocycles. The Morgan fingerprint density at radius 3 is 2.74 bits per heavy atom. The molecule has 1 aromatic heterocycles. The minimum atomic E-state index is -3.15. The number of para-hydroxylation sites is 1. The number of aromatic nitrogens is 2. The third-order valence-corrected chi connectivity index (χ3v) is 3.38. The largest absolute Gasteiger partial charge is 0.368 e. The lowest BCUT2D eigenvalue weighted by Crippen LogP contribution is -2.27. The molecule has 0 radical (unpaired) electrons. The first-order chi connectivity index (χ1) is 8.97. The molecular formula is C12H16N4O2S. The average molecular weight is 280 g/mol. The molecule has 19 heavy (non-hydrogen) atoms. The molecule has 0 atom stereocenters. The fourth-order valence-corrected chi connectivity index (χ4v) is 2.27. The summed E-state index contributed by atoms with van der Waals surface area (Å²) in [7, 11) is -3.15. The molecule has 0 bridgehead atoms. The summed E-state index contributed by atoms with van der Waals surface area (Å²) in [6, 6.07) is 5.87. The van der Waals surface area contributed by atoms with E-state index in [2.05, 4.69) is 20.0 Å². The molecule has 6 nitrogen and oxygen atoms in total. The Labute approximate surface area is 112 Å². The van der Waals surface area contributed by atoms with E-state index in [0.717, 1.165) is 22.7 Å². The zero-order chi connectivity index (χ0) is 13.9. The van der Waals surface area contributed by atoms with Crippen molar-refractivity contribution in [3.63, 3.8) is 0 Å². The van der Waals surface area contributed by atoms with Crippen LogP contribution in [0.2, 0.25) is 0 Å². The predicted octanol–water partition coefficient (Wildman–Crippen LogP) is 0.899. The SMILES string of the molecule is Cc1cccc2c(NCCNS(C)(=O)=O)ncnc12. The van der Waals surface area contributed by atoms with Crippen LogP contribution in [0.15, 0.2) is 24.5 Å². The topological polar surface area (TPSA) is 84.0 Å². The van der Waals surface area contributed by atoms with E-state index in [1.54, 1.807) is 0 Å². The van der Waals surface area contributed by atoms with E-state index in [1.165, 1.54) is 6.33 Å². The van der Waals surface area contributed by atoms with Gasteiger partial charge in [0.2, 0.25) is 10.0 Å². The molecule has 7 heteroatoms. The number of fused-ring (bicyclic) bond motifs is 1. The second-order valence-electron chi connectivity index (χ2n) is 4.29. The molecule has 1 heterocycles. The molecular weight excluding hydrogens is 264 g/mol. The van der Waals surface area contributed by atoms with Gasteiger partial charge in [0.1, 0.15) is 12.1 Å². The minimum absolute atomic E-state index is 0.316. The zero-order valence-corrected chi connectivity index (χ0v) is 11.7. The fourth-order valence-electron chi connectivity index (χ4n) is 1.79. The van der Waals surface area contributed by atoms with Gasteiger partial charge >= 0.3 is 0 Å². The van der Waals surface area contributed by atoms with Crippen molar-refractivity contribution >= 4 is 26.7 Å². The molecule has 0 spiro atoms. The maximum absolute atomic E-state index is 10.9. The van der Waals surface area contributed by atoms with Gasteiger partial charge in [0, 0.05) is 18.5 Å². The third kappa shape index (κ3) is 3.62. The maximum Gasteiger partial charge on any atom is 0.208 e. The number of benzene rings is 1. The van der Waals surface area contributed by atoms with Crippen molar-refractivity contribution in [3.05, 3.63) is 30.1 Å². The summed E-state index contributed by atoms with van der Waals surface area (Å²) in [6.07, 6.45) is 2.64. The van der Waals surface area contributed by atoms with Gasteiger partial charge in [-0.05, 0) is 18.6 Å². The van der Waals surface area contributed by atoms with Crippen LogP contribution in [0.3, 0.4) is 0 Å². The standard InChI is InChI=1S/C12H16N4O2S/c1-9-4-3-5-10-11(9)14-8-15-12(10)13-6-7-16-19(2,17)18/h3-5,8,16H,6-7H2,1-2H3,(H,13,14,15). The van der Waals surface area contributed by atoms with Gasteiger partial charge in [0.25, 0.3) is 0 Å². The Morgan fingerprint density at radius 2 is 2.00 bits per heavy atom. The summed E-state index contributed by atoms with van der Waals surface area (Å²) >= 11 is 0. The van der Waals surface area contributed by atoms with Gasteiger partial charge in [-0.1, -0.05) is 12.1 Å². The van der Waals surface area contributed by atoms with E-state index >= 15 is 0 Å². The summed E-state index contributed by atoms with van der Waals surface area (Å²) in [5, 5.41) is 4.04. The smallest absolute Gasteiger partial charge is 0.208 e. The number of nitrogens with one attached hydrogen (secondary N) is 2. The molecule has 2 rings (SSSR count). The van der Waals surface area contributed by atoms with Crippen LogP contribution < -0.4 is 10.0 Å². The summed E-state index contributed by atoms with van der Waals surface area (Å²) in [6.45, 7) is 2.77. The van der Waals surface area contributed by atoms with Crippen LogP contribution in [0, 0.1) is 6.92 Å². The Kier molecular flexibility index (Phi) is 3.96. The first-order valence-electron chi connectivity index (χ1n) is 5.86. The lowest BCUT2D eigenvalue weighted by molar-refractivity contribution is 0.589. The summed E-state index contributed by atoms with van der Waals surface area (Å²) in [4.78, 5) is 8.43. The normalized spacial score (nSPS) is 11.7. The van der Waals surface area contributed by atoms with Crippen molar-refractivity contribution in [1.29, 1.82) is 0 Å². The second-order valence-corrected chi connectivity index (χ2v) is 6.12. The highest BCUT2D eigenvalue weighted by Gasteiger charge is 2.05. The molecule has 0 saturated carbocycles. The number of sulfonamides is 1. The number of rotatable bonds is 5. The lowest BCUT2D eigenvalue weighted by Gasteiger charge is -2.09. The number of hydrogen-bond acceptors (Lipinski definition) is 5. The van der Waals surface area contributed by atoms with Crippen LogP contribution in [-0.4, -0.2) is 37.7 Å². The molecule has 102 valence electrons. The van der Waals surface area contributed by atoms with E-state index in [9.17, 15) is 8.42 Å². The van der Waals surface area contributed by atoms with Gasteiger partial charge in [-0.25, -0.2) is 23.1 Å². The van der Waals surface area contributed by atoms with Gasteiger partial charge in [0.05, 0.1) is 11.8 Å². The van der Waals surface area contributed by atoms with Gasteiger partial charge in [-0.2, -0.15) is 0 Å². The summed E-state index contributed by atoms with van der Waals surface area (Å²) in [5.74, 6) is 0.712. The molecule has 0 amide bonds. The van der Waals surface area contributed by atoms with Gasteiger partial charge in [-0.15, -0.1) is 0 Å². The van der Waals surface area contributed by atoms with Crippen molar-refractivity contribution in [3.8, 4) is 0 Å². The Morgan fingerprint density at radius 1 is 1.21 bits per heavy atom. The minimum Gasteiger partial charge on any atom is -0.368 e. The van der Waals surface area contributed by atoms with Crippen LogP contribution >= 0.6 is 0 Å². The molecule has 0 saturated heterocycles. The number of hydrogen-bond donors (Lipinski definition) is 2. The van der Waals surface area contributed by atoms with Gasteiger partial charge in [-0.3, -0.25) is 0 Å². The summed E-state index contributed by atoms with van der Waals surface area (Å²) < 4.78 is 24.3. The van der Waals surface area contributed by atoms with Crippen molar-refractivity contribution in [1.82, 2.24) is 14.7 Å². The Bertz CT molecular complexity index is 685. The number of aryl methyl sites for hydroxylation is 1. The fraction of sp³-hybridized carbons (Fsp3) is 0.333. The first kappa shape index (κ1) is 13.7. The Balaban J connectivity index is 2.11. The molecule has 0 fully saturated rings. The molecule has 0 aliphatic heterocycles. The first-order valence-corrected chi connectivity index (χ1v) is 7.75. The van der Waals surface area contributed by atoms with E-state index in [1.807, 2.05) is 25.1 Å². The second kappa shape index (κ2) is 5.50. The number of anilines is 1. The molecule has 0 aliphatic rings. The third-order valence-electron chi connectivity index (χ3n) is 2.65. The van der Waals surface area contributed by atoms with Crippen LogP contribution in [0.25, 0.3) is 10.9 Å². The van der Waals surface area contributed by atoms with Crippen LogP contribution in [0.1, 0.15) is 5.56 Å². The van der Waals surface area contributed by atoms with Crippen molar-refractivity contribution in [2.75, 3.05) is 24.7 Å². The average Bonchev–Trinajstić information content (AvgIpc) is 2.34. The van der Waals surface area contributed by atoms with Crippen LogP contribution in [0.5, 0.6) is 0 Å². The zero-order valence-electron chi connectivity index (χ0n) is 10.8. The highest BCUT2D eigenvalue weighted by molar-refractivity contribution is 7.88. The molecule has 2 aromatic rings. The van der Waals surface area contributed by atoms with Crippen LogP contribution in [0.4, 0.5) is 5.82 Å². The number of nitrogens with zero attached hydrogens (tertiary/aromatic N) is 2. The van der Waals surface area contributed by atoms with Gasteiger partial charge in [0.15, 0.2) is 0 Å². The van der Waals surface area contributed by atoms with Crippen LogP contribution in [-0.2, 0) is 10.0 Å². The van der Waals surface area contributed by atoms with Crippen molar-refractivity contribution in [2.24, 2.45) is 0 Å². The maximum atomic E-state index is 10.9.